The van der Waals surface area contributed by atoms with Gasteiger partial charge in [0.15, 0.2) is 0 Å². The summed E-state index contributed by atoms with van der Waals surface area (Å²) in [5, 5.41) is 0. The minimum Gasteiger partial charge on any atom is -0.459 e. The van der Waals surface area contributed by atoms with Crippen LogP contribution in [0.4, 0.5) is 0 Å². The summed E-state index contributed by atoms with van der Waals surface area (Å²) in [5.74, 6) is -2.69. The molecule has 5 nitrogen and oxygen atoms in total. The lowest BCUT2D eigenvalue weighted by atomic mass is 9.55. The van der Waals surface area contributed by atoms with Crippen molar-refractivity contribution in [1.82, 2.24) is 4.90 Å². The van der Waals surface area contributed by atoms with Crippen LogP contribution in [0.25, 0.3) is 0 Å². The summed E-state index contributed by atoms with van der Waals surface area (Å²) in [6, 6.07) is 24.8. The molecule has 1 aliphatic heterocycles. The molecule has 3 atom stereocenters. The molecule has 176 valence electrons. The number of ether oxygens (including phenoxy) is 1. The van der Waals surface area contributed by atoms with Crippen molar-refractivity contribution in [3.63, 3.8) is 0 Å². The molecule has 0 spiro atoms. The summed E-state index contributed by atoms with van der Waals surface area (Å²) in [4.78, 5) is 42.5. The molecule has 3 aromatic rings. The third-order valence-electron chi connectivity index (χ3n) is 7.86. The van der Waals surface area contributed by atoms with Gasteiger partial charge < -0.3 is 4.74 Å². The number of benzene rings is 3. The van der Waals surface area contributed by atoms with Crippen molar-refractivity contribution in [3.05, 3.63) is 107 Å². The van der Waals surface area contributed by atoms with Crippen molar-refractivity contribution in [3.8, 4) is 0 Å². The first kappa shape index (κ1) is 21.8. The summed E-state index contributed by atoms with van der Waals surface area (Å²) in [6.45, 7) is 3.82. The van der Waals surface area contributed by atoms with Gasteiger partial charge >= 0.3 is 5.97 Å². The van der Waals surface area contributed by atoms with Crippen LogP contribution in [0.5, 0.6) is 0 Å². The highest BCUT2D eigenvalue weighted by Gasteiger charge is 2.63. The van der Waals surface area contributed by atoms with Crippen LogP contribution in [0.3, 0.4) is 0 Å². The average Bonchev–Trinajstić information content (AvgIpc) is 3.14. The minimum atomic E-state index is -0.949. The molecule has 5 heteroatoms. The molecule has 0 aromatic heterocycles. The molecule has 1 saturated heterocycles. The third kappa shape index (κ3) is 3.18. The minimum absolute atomic E-state index is 0.105. The lowest BCUT2D eigenvalue weighted by molar-refractivity contribution is -0.161. The fraction of sp³-hybridized carbons (Fsp3) is 0.300. The highest BCUT2D eigenvalue weighted by molar-refractivity contribution is 6.10. The molecule has 0 saturated carbocycles. The second-order valence-electron chi connectivity index (χ2n) is 10.1. The van der Waals surface area contributed by atoms with E-state index in [0.717, 1.165) is 27.8 Å². The molecule has 0 radical (unpaired) electrons. The molecular formula is C30H27NO4. The Morgan fingerprint density at radius 2 is 1.17 bits per heavy atom. The van der Waals surface area contributed by atoms with E-state index in [9.17, 15) is 14.4 Å². The Kier molecular flexibility index (Phi) is 5.10. The fourth-order valence-corrected chi connectivity index (χ4v) is 6.46. The highest BCUT2D eigenvalue weighted by atomic mass is 16.5. The molecule has 2 amide bonds. The molecule has 1 heterocycles. The van der Waals surface area contributed by atoms with Gasteiger partial charge in [-0.05, 0) is 33.7 Å². The maximum atomic E-state index is 14.0. The first-order valence-corrected chi connectivity index (χ1v) is 12.2. The average molecular weight is 466 g/mol. The Bertz CT molecular complexity index is 1220. The number of hydrogen-bond acceptors (Lipinski definition) is 4. The van der Waals surface area contributed by atoms with Crippen LogP contribution in [-0.2, 0) is 25.7 Å². The van der Waals surface area contributed by atoms with Crippen LogP contribution >= 0.6 is 0 Å². The summed E-state index contributed by atoms with van der Waals surface area (Å²) in [7, 11) is 0. The maximum absolute atomic E-state index is 14.0. The van der Waals surface area contributed by atoms with Gasteiger partial charge in [-0.25, -0.2) is 4.79 Å². The predicted octanol–water partition coefficient (Wildman–Crippen LogP) is 4.65. The first-order chi connectivity index (χ1) is 17.0. The van der Waals surface area contributed by atoms with Crippen LogP contribution < -0.4 is 0 Å². The molecule has 35 heavy (non-hydrogen) atoms. The second-order valence-corrected chi connectivity index (χ2v) is 10.1. The van der Waals surface area contributed by atoms with Crippen molar-refractivity contribution in [1.29, 1.82) is 0 Å². The van der Waals surface area contributed by atoms with E-state index in [2.05, 4.69) is 24.3 Å². The maximum Gasteiger partial charge on any atom is 0.329 e. The van der Waals surface area contributed by atoms with E-state index in [1.54, 1.807) is 0 Å². The Morgan fingerprint density at radius 1 is 0.743 bits per heavy atom. The van der Waals surface area contributed by atoms with Crippen LogP contribution in [-0.4, -0.2) is 28.7 Å². The number of hydrogen-bond donors (Lipinski definition) is 0. The summed E-state index contributed by atoms with van der Waals surface area (Å²) >= 11 is 0. The van der Waals surface area contributed by atoms with Crippen molar-refractivity contribution < 1.29 is 19.1 Å². The lowest BCUT2D eigenvalue weighted by Gasteiger charge is -2.45. The summed E-state index contributed by atoms with van der Waals surface area (Å²) in [6.07, 6.45) is 0. The van der Waals surface area contributed by atoms with Crippen molar-refractivity contribution in [2.45, 2.75) is 38.3 Å². The van der Waals surface area contributed by atoms with Gasteiger partial charge in [-0.3, -0.25) is 14.5 Å². The normalized spacial score (nSPS) is 24.7. The molecule has 3 unspecified atom stereocenters. The molecular weight excluding hydrogens is 438 g/mol. The SMILES string of the molecule is CC(C)C(C(=O)OCc1ccccc1)N1C(=O)C2C3c4ccccc4C(c4ccccc43)C2C1=O. The third-order valence-corrected chi connectivity index (χ3v) is 7.86. The van der Waals surface area contributed by atoms with Crippen LogP contribution in [0.15, 0.2) is 78.9 Å². The second kappa shape index (κ2) is 8.19. The molecule has 7 rings (SSSR count). The zero-order chi connectivity index (χ0) is 24.3. The number of nitrogens with zero attached hydrogens (tertiary/aromatic N) is 1. The smallest absolute Gasteiger partial charge is 0.329 e. The van der Waals surface area contributed by atoms with E-state index >= 15 is 0 Å². The van der Waals surface area contributed by atoms with E-state index < -0.39 is 23.8 Å². The van der Waals surface area contributed by atoms with Crippen molar-refractivity contribution in [2.75, 3.05) is 0 Å². The standard InChI is InChI=1S/C30H27NO4/c1-17(2)27(30(34)35-16-18-10-4-3-5-11-18)31-28(32)25-23-19-12-6-7-13-20(19)24(26(25)29(31)33)22-15-9-8-14-21(22)23/h3-15,17,23-27H,16H2,1-2H3. The van der Waals surface area contributed by atoms with Crippen molar-refractivity contribution >= 4 is 17.8 Å². The fourth-order valence-electron chi connectivity index (χ4n) is 6.46. The van der Waals surface area contributed by atoms with E-state index in [1.807, 2.05) is 68.4 Å². The topological polar surface area (TPSA) is 63.7 Å². The van der Waals surface area contributed by atoms with Gasteiger partial charge in [0.2, 0.25) is 11.8 Å². The Hall–Kier alpha value is -3.73. The molecule has 2 bridgehead atoms. The zero-order valence-electron chi connectivity index (χ0n) is 19.8. The van der Waals surface area contributed by atoms with E-state index in [0.29, 0.717) is 0 Å². The monoisotopic (exact) mass is 465 g/mol. The Labute approximate surface area is 204 Å². The van der Waals surface area contributed by atoms with Crippen LogP contribution in [0, 0.1) is 17.8 Å². The molecule has 3 aliphatic carbocycles. The van der Waals surface area contributed by atoms with Gasteiger partial charge in [0.1, 0.15) is 12.6 Å². The number of esters is 1. The number of imide groups is 1. The quantitative estimate of drug-likeness (QED) is 0.407. The summed E-state index contributed by atoms with van der Waals surface area (Å²) < 4.78 is 5.62. The van der Waals surface area contributed by atoms with Gasteiger partial charge in [0.05, 0.1) is 11.8 Å². The number of likely N-dealkylation sites (tertiary alicyclic amines) is 1. The van der Waals surface area contributed by atoms with Crippen LogP contribution in [0.2, 0.25) is 0 Å². The van der Waals surface area contributed by atoms with E-state index in [4.69, 9.17) is 4.74 Å². The molecule has 4 aliphatic rings. The van der Waals surface area contributed by atoms with Gasteiger partial charge in [0.25, 0.3) is 0 Å². The molecule has 1 fully saturated rings. The van der Waals surface area contributed by atoms with Crippen LogP contribution in [0.1, 0.15) is 53.5 Å². The lowest BCUT2D eigenvalue weighted by Crippen LogP contribution is -2.49. The molecule has 0 N–H and O–H groups in total. The van der Waals surface area contributed by atoms with E-state index in [1.165, 1.54) is 4.90 Å². The highest BCUT2D eigenvalue weighted by Crippen LogP contribution is 2.61. The number of carbonyl (C=O) groups excluding carboxylic acids is 3. The van der Waals surface area contributed by atoms with Crippen molar-refractivity contribution in [2.24, 2.45) is 17.8 Å². The zero-order valence-corrected chi connectivity index (χ0v) is 19.8. The Balaban J connectivity index is 1.37. The molecule has 3 aromatic carbocycles. The van der Waals surface area contributed by atoms with Gasteiger partial charge in [-0.15, -0.1) is 0 Å². The Morgan fingerprint density at radius 3 is 1.60 bits per heavy atom. The van der Waals surface area contributed by atoms with Gasteiger partial charge in [0, 0.05) is 11.8 Å². The van der Waals surface area contributed by atoms with E-state index in [-0.39, 0.29) is 36.2 Å². The van der Waals surface area contributed by atoms with Gasteiger partial charge in [-0.1, -0.05) is 92.7 Å². The summed E-state index contributed by atoms with van der Waals surface area (Å²) in [5.41, 5.74) is 5.34. The number of carbonyl (C=O) groups is 3. The largest absolute Gasteiger partial charge is 0.459 e. The van der Waals surface area contributed by atoms with Gasteiger partial charge in [-0.2, -0.15) is 0 Å². The number of rotatable bonds is 5. The number of amides is 2. The predicted molar refractivity (Wildman–Crippen MR) is 130 cm³/mol. The first-order valence-electron chi connectivity index (χ1n) is 12.2.